The van der Waals surface area contributed by atoms with E-state index in [1.807, 2.05) is 0 Å². The van der Waals surface area contributed by atoms with Gasteiger partial charge in [0.2, 0.25) is 5.89 Å². The largest absolute Gasteiger partial charge is 0.411 e. The van der Waals surface area contributed by atoms with Gasteiger partial charge in [-0.1, -0.05) is 23.4 Å². The monoisotopic (exact) mass is 388 g/mol. The number of fused-ring (bicyclic) bond motifs is 1. The number of rotatable bonds is 4. The minimum absolute atomic E-state index is 0.236. The molecule has 0 aliphatic heterocycles. The molecule has 4 aromatic rings. The molecule has 0 saturated carbocycles. The Kier molecular flexibility index (Phi) is 4.44. The molecule has 2 heterocycles. The van der Waals surface area contributed by atoms with Crippen LogP contribution in [0, 0.1) is 5.82 Å². The van der Waals surface area contributed by atoms with E-state index in [1.165, 1.54) is 23.9 Å². The number of halogens is 2. The molecule has 0 bridgehead atoms. The third-order valence-corrected chi connectivity index (χ3v) is 4.61. The van der Waals surface area contributed by atoms with Crippen molar-refractivity contribution in [2.24, 2.45) is 0 Å². The van der Waals surface area contributed by atoms with Gasteiger partial charge in [0, 0.05) is 10.6 Å². The second-order valence-electron chi connectivity index (χ2n) is 5.34. The highest BCUT2D eigenvalue weighted by Crippen LogP contribution is 2.25. The first kappa shape index (κ1) is 16.7. The van der Waals surface area contributed by atoms with Gasteiger partial charge >= 0.3 is 0 Å². The van der Waals surface area contributed by atoms with E-state index < -0.39 is 0 Å². The topological polar surface area (TPSA) is 84.7 Å². The molecule has 1 N–H and O–H groups in total. The number of nitrogens with zero attached hydrogens (tertiary/aromatic N) is 3. The fourth-order valence-electron chi connectivity index (χ4n) is 2.34. The Balaban J connectivity index is 1.53. The Morgan fingerprint density at radius 1 is 1.15 bits per heavy atom. The van der Waals surface area contributed by atoms with Crippen molar-refractivity contribution >= 4 is 34.3 Å². The molecular weight excluding hydrogens is 379 g/mol. The van der Waals surface area contributed by atoms with Crippen LogP contribution in [-0.4, -0.2) is 20.2 Å². The number of thioether (sulfide) groups is 1. The van der Waals surface area contributed by atoms with E-state index in [0.29, 0.717) is 44.2 Å². The molecular formula is C17H10ClFN4O2S. The van der Waals surface area contributed by atoms with Crippen LogP contribution >= 0.6 is 23.4 Å². The van der Waals surface area contributed by atoms with Crippen LogP contribution in [0.5, 0.6) is 0 Å². The molecule has 0 amide bonds. The van der Waals surface area contributed by atoms with E-state index in [4.69, 9.17) is 16.0 Å². The summed E-state index contributed by atoms with van der Waals surface area (Å²) in [5.41, 5.74) is 0.909. The summed E-state index contributed by atoms with van der Waals surface area (Å²) >= 11 is 7.19. The average Bonchev–Trinajstić information content (AvgIpc) is 3.09. The number of aromatic amines is 1. The zero-order valence-electron chi connectivity index (χ0n) is 13.1. The number of H-pyrrole nitrogens is 1. The Bertz CT molecular complexity index is 1140. The summed E-state index contributed by atoms with van der Waals surface area (Å²) < 4.78 is 18.5. The summed E-state index contributed by atoms with van der Waals surface area (Å²) in [5.74, 6) is 0.757. The summed E-state index contributed by atoms with van der Waals surface area (Å²) in [7, 11) is 0. The molecule has 2 aromatic carbocycles. The van der Waals surface area contributed by atoms with Gasteiger partial charge in [-0.2, -0.15) is 0 Å². The normalized spacial score (nSPS) is 11.2. The molecule has 6 nitrogen and oxygen atoms in total. The van der Waals surface area contributed by atoms with Crippen molar-refractivity contribution in [3.05, 3.63) is 69.5 Å². The second kappa shape index (κ2) is 6.89. The number of aromatic nitrogens is 4. The lowest BCUT2D eigenvalue weighted by Gasteiger charge is -2.01. The average molecular weight is 389 g/mol. The van der Waals surface area contributed by atoms with Crippen molar-refractivity contribution in [2.75, 3.05) is 0 Å². The minimum Gasteiger partial charge on any atom is -0.411 e. The number of benzene rings is 2. The number of hydrogen-bond donors (Lipinski definition) is 1. The van der Waals surface area contributed by atoms with Crippen molar-refractivity contribution in [3.8, 4) is 11.5 Å². The SMILES string of the molecule is O=c1[nH]c(CSc2nnc(-c3ccc(F)cc3)o2)nc2cc(Cl)ccc12. The van der Waals surface area contributed by atoms with Gasteiger partial charge in [0.1, 0.15) is 11.6 Å². The van der Waals surface area contributed by atoms with E-state index in [2.05, 4.69) is 20.2 Å². The van der Waals surface area contributed by atoms with Crippen LogP contribution in [0.15, 0.2) is 56.9 Å². The van der Waals surface area contributed by atoms with Gasteiger partial charge in [0.25, 0.3) is 10.8 Å². The molecule has 130 valence electrons. The molecule has 9 heteroatoms. The van der Waals surface area contributed by atoms with Crippen LogP contribution in [0.25, 0.3) is 22.4 Å². The van der Waals surface area contributed by atoms with Gasteiger partial charge in [-0.25, -0.2) is 9.37 Å². The van der Waals surface area contributed by atoms with Crippen molar-refractivity contribution in [3.63, 3.8) is 0 Å². The van der Waals surface area contributed by atoms with E-state index in [9.17, 15) is 9.18 Å². The Morgan fingerprint density at radius 2 is 1.96 bits per heavy atom. The lowest BCUT2D eigenvalue weighted by Crippen LogP contribution is -2.11. The summed E-state index contributed by atoms with van der Waals surface area (Å²) in [6, 6.07) is 10.7. The minimum atomic E-state index is -0.339. The van der Waals surface area contributed by atoms with Crippen molar-refractivity contribution in [1.29, 1.82) is 0 Å². The Labute approximate surface area is 155 Å². The Morgan fingerprint density at radius 3 is 2.77 bits per heavy atom. The first-order valence-corrected chi connectivity index (χ1v) is 8.85. The van der Waals surface area contributed by atoms with Crippen LogP contribution in [0.3, 0.4) is 0 Å². The van der Waals surface area contributed by atoms with E-state index in [1.54, 1.807) is 30.3 Å². The second-order valence-corrected chi connectivity index (χ2v) is 6.71. The van der Waals surface area contributed by atoms with Gasteiger partial charge in [-0.3, -0.25) is 4.79 Å². The highest BCUT2D eigenvalue weighted by molar-refractivity contribution is 7.98. The van der Waals surface area contributed by atoms with E-state index >= 15 is 0 Å². The van der Waals surface area contributed by atoms with Crippen molar-refractivity contribution < 1.29 is 8.81 Å². The third-order valence-electron chi connectivity index (χ3n) is 3.55. The zero-order valence-corrected chi connectivity index (χ0v) is 14.6. The molecule has 0 saturated heterocycles. The lowest BCUT2D eigenvalue weighted by atomic mass is 10.2. The van der Waals surface area contributed by atoms with Crippen LogP contribution in [-0.2, 0) is 5.75 Å². The predicted molar refractivity (Wildman–Crippen MR) is 96.6 cm³/mol. The molecule has 2 aromatic heterocycles. The first-order valence-electron chi connectivity index (χ1n) is 7.49. The summed E-state index contributed by atoms with van der Waals surface area (Å²) in [6.07, 6.45) is 0. The van der Waals surface area contributed by atoms with Crippen LogP contribution in [0.1, 0.15) is 5.82 Å². The summed E-state index contributed by atoms with van der Waals surface area (Å²) in [5, 5.41) is 9.18. The standard InChI is InChI=1S/C17H10ClFN4O2S/c18-10-3-6-12-13(7-10)20-14(21-15(12)24)8-26-17-23-22-16(25-17)9-1-4-11(19)5-2-9/h1-7H,8H2,(H,20,21,24). The smallest absolute Gasteiger partial charge is 0.277 e. The maximum atomic E-state index is 13.0. The molecule has 0 aliphatic carbocycles. The van der Waals surface area contributed by atoms with Gasteiger partial charge in [0.05, 0.1) is 16.7 Å². The summed E-state index contributed by atoms with van der Waals surface area (Å²) in [4.78, 5) is 19.2. The molecule has 0 atom stereocenters. The highest BCUT2D eigenvalue weighted by Gasteiger charge is 2.11. The maximum absolute atomic E-state index is 13.0. The van der Waals surface area contributed by atoms with Gasteiger partial charge in [0.15, 0.2) is 0 Å². The van der Waals surface area contributed by atoms with Gasteiger partial charge < -0.3 is 9.40 Å². The molecule has 0 unspecified atom stereocenters. The third kappa shape index (κ3) is 3.47. The Hall–Kier alpha value is -2.71. The summed E-state index contributed by atoms with van der Waals surface area (Å²) in [6.45, 7) is 0. The number of hydrogen-bond acceptors (Lipinski definition) is 6. The van der Waals surface area contributed by atoms with Crippen LogP contribution in [0.4, 0.5) is 4.39 Å². The molecule has 0 fully saturated rings. The molecule has 0 aliphatic rings. The number of nitrogens with one attached hydrogen (secondary N) is 1. The van der Waals surface area contributed by atoms with Gasteiger partial charge in [-0.15, -0.1) is 10.2 Å². The maximum Gasteiger partial charge on any atom is 0.277 e. The quantitative estimate of drug-likeness (QED) is 0.531. The van der Waals surface area contributed by atoms with E-state index in [0.717, 1.165) is 0 Å². The fraction of sp³-hybridized carbons (Fsp3) is 0.0588. The van der Waals surface area contributed by atoms with Crippen LogP contribution < -0.4 is 5.56 Å². The van der Waals surface area contributed by atoms with Crippen LogP contribution in [0.2, 0.25) is 5.02 Å². The van der Waals surface area contributed by atoms with Gasteiger partial charge in [-0.05, 0) is 42.5 Å². The molecule has 0 spiro atoms. The fourth-order valence-corrected chi connectivity index (χ4v) is 3.14. The molecule has 4 rings (SSSR count). The van der Waals surface area contributed by atoms with Crippen molar-refractivity contribution in [1.82, 2.24) is 20.2 Å². The molecule has 26 heavy (non-hydrogen) atoms. The predicted octanol–water partition coefficient (Wildman–Crippen LogP) is 4.06. The van der Waals surface area contributed by atoms with E-state index in [-0.39, 0.29) is 11.4 Å². The lowest BCUT2D eigenvalue weighted by molar-refractivity contribution is 0.465. The zero-order chi connectivity index (χ0) is 18.1. The first-order chi connectivity index (χ1) is 12.6. The molecule has 0 radical (unpaired) electrons. The van der Waals surface area contributed by atoms with Crippen molar-refractivity contribution in [2.45, 2.75) is 11.0 Å². The highest BCUT2D eigenvalue weighted by atomic mass is 35.5.